The highest BCUT2D eigenvalue weighted by molar-refractivity contribution is 5.91. The van der Waals surface area contributed by atoms with Crippen LogP contribution in [-0.4, -0.2) is 41.8 Å². The van der Waals surface area contributed by atoms with Crippen molar-refractivity contribution >= 4 is 11.8 Å². The standard InChI is InChI=1S/C28H33NO6/c1-5-10-20(30)16-24-26-25(34-28(3,4)35-26)22-17-21(33-18-19-11-8-7-9-12-19)13-14-23(22)29(24)27(31)32-15-6-2/h5-9,11-14,17,20,24-26,30H,1-2,10,15-16,18H2,3-4H3/t20-,24+,25+,26+/m1/s1. The van der Waals surface area contributed by atoms with E-state index in [1.54, 1.807) is 11.0 Å². The molecule has 0 saturated carbocycles. The van der Waals surface area contributed by atoms with Crippen LogP contribution in [0.4, 0.5) is 10.5 Å². The summed E-state index contributed by atoms with van der Waals surface area (Å²) < 4.78 is 24.1. The molecule has 2 aromatic carbocycles. The minimum absolute atomic E-state index is 0.0712. The molecule has 2 aromatic rings. The molecule has 0 aliphatic carbocycles. The maximum Gasteiger partial charge on any atom is 0.414 e. The molecule has 7 nitrogen and oxygen atoms in total. The zero-order chi connectivity index (χ0) is 25.0. The number of aliphatic hydroxyl groups is 1. The smallest absolute Gasteiger partial charge is 0.414 e. The Balaban J connectivity index is 1.71. The molecule has 1 fully saturated rings. The van der Waals surface area contributed by atoms with Gasteiger partial charge < -0.3 is 24.1 Å². The van der Waals surface area contributed by atoms with E-state index in [0.29, 0.717) is 24.5 Å². The lowest BCUT2D eigenvalue weighted by molar-refractivity contribution is -0.148. The molecule has 1 saturated heterocycles. The molecule has 7 heteroatoms. The average Bonchev–Trinajstić information content (AvgIpc) is 3.17. The number of fused-ring (bicyclic) bond motifs is 3. The topological polar surface area (TPSA) is 77.5 Å². The van der Waals surface area contributed by atoms with E-state index in [9.17, 15) is 9.90 Å². The van der Waals surface area contributed by atoms with Gasteiger partial charge in [-0.1, -0.05) is 49.1 Å². The number of carbonyl (C=O) groups excluding carboxylic acids is 1. The highest BCUT2D eigenvalue weighted by Crippen LogP contribution is 2.50. The van der Waals surface area contributed by atoms with E-state index in [-0.39, 0.29) is 13.0 Å². The van der Waals surface area contributed by atoms with Gasteiger partial charge in [-0.2, -0.15) is 0 Å². The maximum absolute atomic E-state index is 13.2. The van der Waals surface area contributed by atoms with Gasteiger partial charge in [-0.3, -0.25) is 4.90 Å². The van der Waals surface area contributed by atoms with Crippen LogP contribution in [0.2, 0.25) is 0 Å². The summed E-state index contributed by atoms with van der Waals surface area (Å²) in [4.78, 5) is 14.8. The zero-order valence-corrected chi connectivity index (χ0v) is 20.3. The molecule has 2 aliphatic rings. The summed E-state index contributed by atoms with van der Waals surface area (Å²) in [6.45, 7) is 11.5. The molecule has 1 N–H and O–H groups in total. The highest BCUT2D eigenvalue weighted by atomic mass is 16.8. The van der Waals surface area contributed by atoms with Crippen molar-refractivity contribution in [1.29, 1.82) is 0 Å². The van der Waals surface area contributed by atoms with Crippen LogP contribution in [0, 0.1) is 0 Å². The minimum atomic E-state index is -0.865. The van der Waals surface area contributed by atoms with Gasteiger partial charge in [-0.15, -0.1) is 6.58 Å². The average molecular weight is 480 g/mol. The van der Waals surface area contributed by atoms with Gasteiger partial charge in [0.15, 0.2) is 5.79 Å². The molecule has 4 rings (SSSR count). The van der Waals surface area contributed by atoms with Gasteiger partial charge in [0.1, 0.15) is 31.2 Å². The molecule has 186 valence electrons. The lowest BCUT2D eigenvalue weighted by atomic mass is 9.87. The number of hydrogen-bond acceptors (Lipinski definition) is 6. The van der Waals surface area contributed by atoms with E-state index < -0.39 is 36.2 Å². The number of benzene rings is 2. The molecular formula is C28H33NO6. The van der Waals surface area contributed by atoms with E-state index in [0.717, 1.165) is 11.1 Å². The van der Waals surface area contributed by atoms with Crippen molar-refractivity contribution in [2.24, 2.45) is 0 Å². The number of ether oxygens (including phenoxy) is 4. The first-order valence-electron chi connectivity index (χ1n) is 11.8. The number of anilines is 1. The zero-order valence-electron chi connectivity index (χ0n) is 20.3. The lowest BCUT2D eigenvalue weighted by Gasteiger charge is -2.42. The largest absolute Gasteiger partial charge is 0.489 e. The molecule has 0 aromatic heterocycles. The molecule has 0 radical (unpaired) electrons. The molecule has 0 spiro atoms. The first kappa shape index (κ1) is 25.0. The van der Waals surface area contributed by atoms with Crippen LogP contribution in [0.3, 0.4) is 0 Å². The Morgan fingerprint density at radius 2 is 1.94 bits per heavy atom. The Labute approximate surface area is 206 Å². The van der Waals surface area contributed by atoms with Crippen LogP contribution in [0.15, 0.2) is 73.8 Å². The number of carbonyl (C=O) groups is 1. The van der Waals surface area contributed by atoms with E-state index in [2.05, 4.69) is 13.2 Å². The summed E-state index contributed by atoms with van der Waals surface area (Å²) in [5, 5.41) is 10.6. The molecule has 2 heterocycles. The molecule has 35 heavy (non-hydrogen) atoms. The second-order valence-electron chi connectivity index (χ2n) is 9.23. The van der Waals surface area contributed by atoms with Gasteiger partial charge in [-0.25, -0.2) is 4.79 Å². The van der Waals surface area contributed by atoms with E-state index in [4.69, 9.17) is 18.9 Å². The predicted octanol–water partition coefficient (Wildman–Crippen LogP) is 5.30. The molecule has 1 amide bonds. The second kappa shape index (κ2) is 10.6. The van der Waals surface area contributed by atoms with Crippen LogP contribution in [0.1, 0.15) is 43.9 Å². The van der Waals surface area contributed by atoms with Crippen LogP contribution < -0.4 is 9.64 Å². The fraction of sp³-hybridized carbons (Fsp3) is 0.393. The fourth-order valence-electron chi connectivity index (χ4n) is 4.69. The third kappa shape index (κ3) is 5.59. The summed E-state index contributed by atoms with van der Waals surface area (Å²) in [6, 6.07) is 15.0. The van der Waals surface area contributed by atoms with Crippen LogP contribution in [-0.2, 0) is 20.8 Å². The first-order valence-corrected chi connectivity index (χ1v) is 11.8. The lowest BCUT2D eigenvalue weighted by Crippen LogP contribution is -2.54. The van der Waals surface area contributed by atoms with Crippen LogP contribution >= 0.6 is 0 Å². The predicted molar refractivity (Wildman–Crippen MR) is 133 cm³/mol. The Hall–Kier alpha value is -3.13. The van der Waals surface area contributed by atoms with E-state index >= 15 is 0 Å². The summed E-state index contributed by atoms with van der Waals surface area (Å²) in [7, 11) is 0. The van der Waals surface area contributed by atoms with E-state index in [1.807, 2.05) is 62.4 Å². The van der Waals surface area contributed by atoms with Crippen LogP contribution in [0.5, 0.6) is 5.75 Å². The molecule has 4 atom stereocenters. The van der Waals surface area contributed by atoms with Gasteiger partial charge >= 0.3 is 6.09 Å². The number of nitrogens with zero attached hydrogens (tertiary/aromatic N) is 1. The maximum atomic E-state index is 13.2. The number of amides is 1. The van der Waals surface area contributed by atoms with Crippen molar-refractivity contribution in [3.8, 4) is 5.75 Å². The number of hydrogen-bond donors (Lipinski definition) is 1. The van der Waals surface area contributed by atoms with Crippen molar-refractivity contribution < 1.29 is 28.8 Å². The molecule has 0 unspecified atom stereocenters. The van der Waals surface area contributed by atoms with Gasteiger partial charge in [0.2, 0.25) is 0 Å². The minimum Gasteiger partial charge on any atom is -0.489 e. The van der Waals surface area contributed by atoms with E-state index in [1.165, 1.54) is 6.08 Å². The normalized spacial score (nSPS) is 23.1. The summed E-state index contributed by atoms with van der Waals surface area (Å²) in [5.41, 5.74) is 2.47. The first-order chi connectivity index (χ1) is 16.8. The van der Waals surface area contributed by atoms with Gasteiger partial charge in [0.05, 0.1) is 17.8 Å². The van der Waals surface area contributed by atoms with Crippen molar-refractivity contribution in [3.05, 3.63) is 85.0 Å². The van der Waals surface area contributed by atoms with Gasteiger partial charge in [0, 0.05) is 5.56 Å². The molecule has 2 aliphatic heterocycles. The highest BCUT2D eigenvalue weighted by Gasteiger charge is 2.53. The number of aliphatic hydroxyl groups excluding tert-OH is 1. The quantitative estimate of drug-likeness (QED) is 0.492. The van der Waals surface area contributed by atoms with Gasteiger partial charge in [0.25, 0.3) is 0 Å². The summed E-state index contributed by atoms with van der Waals surface area (Å²) in [6.07, 6.45) is 1.68. The molecule has 0 bridgehead atoms. The Morgan fingerprint density at radius 3 is 2.66 bits per heavy atom. The van der Waals surface area contributed by atoms with Crippen molar-refractivity contribution in [1.82, 2.24) is 0 Å². The monoisotopic (exact) mass is 479 g/mol. The number of rotatable bonds is 9. The molecular weight excluding hydrogens is 446 g/mol. The Bertz CT molecular complexity index is 1050. The Kier molecular flexibility index (Phi) is 7.60. The Morgan fingerprint density at radius 1 is 1.17 bits per heavy atom. The summed E-state index contributed by atoms with van der Waals surface area (Å²) >= 11 is 0. The third-order valence-electron chi connectivity index (χ3n) is 6.13. The van der Waals surface area contributed by atoms with Crippen LogP contribution in [0.25, 0.3) is 0 Å². The van der Waals surface area contributed by atoms with Gasteiger partial charge in [-0.05, 0) is 50.5 Å². The fourth-order valence-corrected chi connectivity index (χ4v) is 4.69. The van der Waals surface area contributed by atoms with Crippen molar-refractivity contribution in [2.45, 2.75) is 63.4 Å². The summed E-state index contributed by atoms with van der Waals surface area (Å²) in [5.74, 6) is -0.208. The third-order valence-corrected chi connectivity index (χ3v) is 6.13. The SMILES string of the molecule is C=CCOC(=O)N1c2ccc(OCc3ccccc3)cc2[C@@H]2OC(C)(C)O[C@H]2[C@@H]1C[C@H](O)CC=C. The van der Waals surface area contributed by atoms with Crippen molar-refractivity contribution in [2.75, 3.05) is 11.5 Å². The second-order valence-corrected chi connectivity index (χ2v) is 9.23. The van der Waals surface area contributed by atoms with Crippen molar-refractivity contribution in [3.63, 3.8) is 0 Å².